The molecule has 1 aliphatic rings. The Morgan fingerprint density at radius 1 is 1.27 bits per heavy atom. The Morgan fingerprint density at radius 2 is 1.95 bits per heavy atom. The van der Waals surface area contributed by atoms with Gasteiger partial charge in [-0.25, -0.2) is 0 Å². The number of allylic oxidation sites excluding steroid dienone is 2. The number of hydrogen-bond acceptors (Lipinski definition) is 4. The molecule has 1 heterocycles. The molecule has 0 bridgehead atoms. The minimum Gasteiger partial charge on any atom is -0.497 e. The number of Topliss-reactive ketones (excluding diaryl/α,β-unsaturated/α-hetero) is 1. The van der Waals surface area contributed by atoms with Gasteiger partial charge in [0.1, 0.15) is 10.3 Å². The first-order valence-corrected chi connectivity index (χ1v) is 9.65. The van der Waals surface area contributed by atoms with Gasteiger partial charge in [0.2, 0.25) is 0 Å². The average molecular weight is 337 g/mol. The topological polar surface area (TPSA) is 26.3 Å². The highest BCUT2D eigenvalue weighted by Crippen LogP contribution is 2.36. The van der Waals surface area contributed by atoms with Crippen molar-refractivity contribution < 1.29 is 9.53 Å². The number of carbonyl (C=O) groups is 1. The zero-order chi connectivity index (χ0) is 16.2. The van der Waals surface area contributed by atoms with Crippen molar-refractivity contribution >= 4 is 34.9 Å². The van der Waals surface area contributed by atoms with Crippen molar-refractivity contribution in [2.45, 2.75) is 31.8 Å². The molecular formula is C18H24O2S2. The zero-order valence-corrected chi connectivity index (χ0v) is 15.4. The lowest BCUT2D eigenvalue weighted by molar-refractivity contribution is -0.112. The summed E-state index contributed by atoms with van der Waals surface area (Å²) in [5.74, 6) is 3.17. The molecule has 1 aliphatic heterocycles. The maximum atomic E-state index is 13.0. The molecule has 0 saturated carbocycles. The van der Waals surface area contributed by atoms with E-state index in [4.69, 9.17) is 4.74 Å². The van der Waals surface area contributed by atoms with Gasteiger partial charge < -0.3 is 4.74 Å². The summed E-state index contributed by atoms with van der Waals surface area (Å²) in [5.41, 5.74) is 1.72. The van der Waals surface area contributed by atoms with Crippen molar-refractivity contribution in [3.05, 3.63) is 35.9 Å². The summed E-state index contributed by atoms with van der Waals surface area (Å²) in [6, 6.07) is 7.80. The summed E-state index contributed by atoms with van der Waals surface area (Å²) >= 11 is 3.54. The van der Waals surface area contributed by atoms with Crippen molar-refractivity contribution in [3.8, 4) is 5.75 Å². The molecule has 0 aromatic heterocycles. The third-order valence-corrected chi connectivity index (χ3v) is 6.16. The first-order chi connectivity index (χ1) is 10.4. The minimum atomic E-state index is -0.0436. The molecule has 2 rings (SSSR count). The lowest BCUT2D eigenvalue weighted by Crippen LogP contribution is -2.20. The number of benzene rings is 1. The van der Waals surface area contributed by atoms with E-state index in [1.807, 2.05) is 24.3 Å². The maximum Gasteiger partial charge on any atom is 0.186 e. The highest BCUT2D eigenvalue weighted by atomic mass is 32.2. The molecule has 0 spiro atoms. The van der Waals surface area contributed by atoms with Crippen molar-refractivity contribution in [3.63, 3.8) is 0 Å². The smallest absolute Gasteiger partial charge is 0.186 e. The first-order valence-electron chi connectivity index (χ1n) is 7.55. The fourth-order valence-electron chi connectivity index (χ4n) is 2.29. The van der Waals surface area contributed by atoms with E-state index < -0.39 is 0 Å². The number of hydrogen-bond donors (Lipinski definition) is 0. The Bertz CT molecular complexity index is 552. The molecule has 1 fully saturated rings. The monoisotopic (exact) mass is 336 g/mol. The number of methoxy groups -OCH3 is 1. The Morgan fingerprint density at radius 3 is 2.55 bits per heavy atom. The van der Waals surface area contributed by atoms with E-state index in [0.29, 0.717) is 0 Å². The lowest BCUT2D eigenvalue weighted by Gasteiger charge is -2.23. The van der Waals surface area contributed by atoms with Crippen LogP contribution in [0, 0.1) is 5.41 Å². The fourth-order valence-corrected chi connectivity index (χ4v) is 5.04. The van der Waals surface area contributed by atoms with Crippen molar-refractivity contribution in [1.29, 1.82) is 0 Å². The Kier molecular flexibility index (Phi) is 6.04. The lowest BCUT2D eigenvalue weighted by atomic mass is 9.89. The summed E-state index contributed by atoms with van der Waals surface area (Å²) in [6.45, 7) is 6.38. The van der Waals surface area contributed by atoms with Crippen molar-refractivity contribution in [2.75, 3.05) is 18.6 Å². The maximum absolute atomic E-state index is 13.0. The Labute approximate surface area is 142 Å². The predicted octanol–water partition coefficient (Wildman–Crippen LogP) is 4.89. The third kappa shape index (κ3) is 4.82. The van der Waals surface area contributed by atoms with E-state index in [0.717, 1.165) is 28.4 Å². The van der Waals surface area contributed by atoms with Crippen LogP contribution in [0.15, 0.2) is 30.3 Å². The number of ether oxygens (including phenoxy) is 1. The van der Waals surface area contributed by atoms with Gasteiger partial charge in [-0.2, -0.15) is 0 Å². The number of rotatable bonds is 4. The van der Waals surface area contributed by atoms with Crippen LogP contribution >= 0.6 is 23.5 Å². The van der Waals surface area contributed by atoms with Gasteiger partial charge in [0.05, 0.1) is 7.11 Å². The van der Waals surface area contributed by atoms with Crippen LogP contribution in [-0.4, -0.2) is 29.0 Å². The number of carbonyl (C=O) groups excluding carboxylic acids is 1. The number of thioether (sulfide) groups is 2. The molecule has 0 amide bonds. The molecule has 0 N–H and O–H groups in total. The fraction of sp³-hybridized carbons (Fsp3) is 0.500. The molecular weight excluding hydrogens is 312 g/mol. The molecule has 120 valence electrons. The molecule has 1 aromatic carbocycles. The summed E-state index contributed by atoms with van der Waals surface area (Å²) in [4.78, 5) is 13.0. The molecule has 0 atom stereocenters. The van der Waals surface area contributed by atoms with Gasteiger partial charge in [0.15, 0.2) is 5.78 Å². The largest absolute Gasteiger partial charge is 0.497 e. The second-order valence-electron chi connectivity index (χ2n) is 6.45. The predicted molar refractivity (Wildman–Crippen MR) is 98.8 cm³/mol. The van der Waals surface area contributed by atoms with Crippen molar-refractivity contribution in [1.82, 2.24) is 0 Å². The molecule has 1 aromatic rings. The second kappa shape index (κ2) is 7.60. The quantitative estimate of drug-likeness (QED) is 0.731. The summed E-state index contributed by atoms with van der Waals surface area (Å²) in [6.07, 6.45) is 3.29. The normalized spacial score (nSPS) is 17.4. The number of ketones is 1. The molecule has 0 aliphatic carbocycles. The van der Waals surface area contributed by atoms with Crippen LogP contribution in [0.3, 0.4) is 0 Å². The molecule has 0 radical (unpaired) electrons. The van der Waals surface area contributed by atoms with Gasteiger partial charge >= 0.3 is 0 Å². The summed E-state index contributed by atoms with van der Waals surface area (Å²) in [5, 5.41) is 0. The Hall–Kier alpha value is -0.870. The molecule has 2 nitrogen and oxygen atoms in total. The van der Waals surface area contributed by atoms with Gasteiger partial charge in [-0.3, -0.25) is 4.79 Å². The highest BCUT2D eigenvalue weighted by molar-refractivity contribution is 8.18. The van der Waals surface area contributed by atoms with Crippen LogP contribution in [0.4, 0.5) is 0 Å². The highest BCUT2D eigenvalue weighted by Gasteiger charge is 2.27. The van der Waals surface area contributed by atoms with Crippen molar-refractivity contribution in [2.24, 2.45) is 5.41 Å². The van der Waals surface area contributed by atoms with Gasteiger partial charge in [-0.1, -0.05) is 39.0 Å². The van der Waals surface area contributed by atoms with E-state index in [9.17, 15) is 4.79 Å². The van der Waals surface area contributed by atoms with Gasteiger partial charge in [0, 0.05) is 5.57 Å². The van der Waals surface area contributed by atoms with E-state index in [1.165, 1.54) is 6.42 Å². The van der Waals surface area contributed by atoms with Crippen LogP contribution in [0.1, 0.15) is 32.8 Å². The summed E-state index contributed by atoms with van der Waals surface area (Å²) in [7, 11) is 1.65. The standard InChI is InChI=1S/C18H24O2S2/c1-18(2,3)12-15(13-7-5-8-14(11-13)20-4)16(19)17-21-9-6-10-22-17/h5,7-8,11-12,17H,6,9-10H2,1-4H3. The van der Waals surface area contributed by atoms with E-state index >= 15 is 0 Å². The molecule has 4 heteroatoms. The SMILES string of the molecule is COc1cccc(C(=CC(C)(C)C)C(=O)C2SCCCS2)c1. The van der Waals surface area contributed by atoms with Gasteiger partial charge in [-0.15, -0.1) is 23.5 Å². The third-order valence-electron chi connectivity index (χ3n) is 3.26. The summed E-state index contributed by atoms with van der Waals surface area (Å²) < 4.78 is 5.33. The van der Waals surface area contributed by atoms with E-state index in [1.54, 1.807) is 30.6 Å². The Balaban J connectivity index is 2.38. The zero-order valence-electron chi connectivity index (χ0n) is 13.7. The van der Waals surface area contributed by atoms with E-state index in [2.05, 4.69) is 26.8 Å². The molecule has 0 unspecified atom stereocenters. The van der Waals surface area contributed by atoms with Crippen LogP contribution in [-0.2, 0) is 4.79 Å². The van der Waals surface area contributed by atoms with Crippen LogP contribution in [0.5, 0.6) is 5.75 Å². The molecule has 1 saturated heterocycles. The van der Waals surface area contributed by atoms with E-state index in [-0.39, 0.29) is 15.8 Å². The van der Waals surface area contributed by atoms with Gasteiger partial charge in [-0.05, 0) is 41.0 Å². The second-order valence-corrected chi connectivity index (χ2v) is 9.17. The van der Waals surface area contributed by atoms with Gasteiger partial charge in [0.25, 0.3) is 0 Å². The van der Waals surface area contributed by atoms with Crippen LogP contribution in [0.25, 0.3) is 5.57 Å². The molecule has 22 heavy (non-hydrogen) atoms. The van der Waals surface area contributed by atoms with Crippen LogP contribution in [0.2, 0.25) is 0 Å². The first kappa shape index (κ1) is 17.5. The van der Waals surface area contributed by atoms with Crippen LogP contribution < -0.4 is 4.74 Å². The average Bonchev–Trinajstić information content (AvgIpc) is 2.52. The minimum absolute atomic E-state index is 0.0218.